The summed E-state index contributed by atoms with van der Waals surface area (Å²) in [5.74, 6) is -1.07. The first-order chi connectivity index (χ1) is 9.66. The van der Waals surface area contributed by atoms with Crippen molar-refractivity contribution in [1.82, 2.24) is 0 Å². The maximum atomic E-state index is 11.4. The number of hydrogen-bond acceptors (Lipinski definition) is 2. The van der Waals surface area contributed by atoms with E-state index in [-0.39, 0.29) is 11.3 Å². The van der Waals surface area contributed by atoms with E-state index in [2.05, 4.69) is 0 Å². The first-order valence-electron chi connectivity index (χ1n) is 6.19. The molecular weight excluding hydrogens is 252 g/mol. The molecular formula is C17H11O3-. The molecule has 0 aliphatic carbocycles. The summed E-state index contributed by atoms with van der Waals surface area (Å²) in [5.41, 5.74) is 1.62. The van der Waals surface area contributed by atoms with Gasteiger partial charge in [-0.3, -0.25) is 0 Å². The van der Waals surface area contributed by atoms with Gasteiger partial charge in [0.05, 0.1) is 5.56 Å². The summed E-state index contributed by atoms with van der Waals surface area (Å²) in [4.78, 5) is 11.4. The van der Waals surface area contributed by atoms with Crippen LogP contribution in [0.2, 0.25) is 0 Å². The van der Waals surface area contributed by atoms with Crippen molar-refractivity contribution in [2.24, 2.45) is 0 Å². The normalized spacial score (nSPS) is 10.6. The monoisotopic (exact) mass is 263 g/mol. The van der Waals surface area contributed by atoms with Crippen molar-refractivity contribution in [1.29, 1.82) is 0 Å². The van der Waals surface area contributed by atoms with Gasteiger partial charge in [-0.05, 0) is 22.4 Å². The van der Waals surface area contributed by atoms with Gasteiger partial charge in [-0.1, -0.05) is 54.6 Å². The van der Waals surface area contributed by atoms with Gasteiger partial charge in [0.25, 0.3) is 0 Å². The second kappa shape index (κ2) is 4.70. The molecule has 0 radical (unpaired) electrons. The van der Waals surface area contributed by atoms with Gasteiger partial charge in [-0.25, -0.2) is 4.79 Å². The molecule has 0 saturated carbocycles. The fourth-order valence-electron chi connectivity index (χ4n) is 2.38. The van der Waals surface area contributed by atoms with Crippen LogP contribution in [-0.2, 0) is 0 Å². The second-order valence-corrected chi connectivity index (χ2v) is 4.54. The number of carboxylic acid groups (broad SMARTS) is 1. The summed E-state index contributed by atoms with van der Waals surface area (Å²) in [7, 11) is 0. The van der Waals surface area contributed by atoms with Crippen LogP contribution in [0.25, 0.3) is 21.9 Å². The van der Waals surface area contributed by atoms with Crippen molar-refractivity contribution in [3.63, 3.8) is 0 Å². The molecule has 3 aromatic carbocycles. The average molecular weight is 263 g/mol. The van der Waals surface area contributed by atoms with E-state index in [1.807, 2.05) is 24.3 Å². The zero-order valence-electron chi connectivity index (χ0n) is 10.5. The number of rotatable bonds is 2. The molecule has 0 amide bonds. The number of benzene rings is 3. The molecule has 0 saturated heterocycles. The van der Waals surface area contributed by atoms with E-state index in [1.54, 1.807) is 24.3 Å². The summed E-state index contributed by atoms with van der Waals surface area (Å²) in [6, 6.07) is 17.2. The Balaban J connectivity index is 2.38. The maximum Gasteiger partial charge on any atom is 0.336 e. The van der Waals surface area contributed by atoms with E-state index in [4.69, 9.17) is 0 Å². The first kappa shape index (κ1) is 12.2. The zero-order chi connectivity index (χ0) is 14.1. The van der Waals surface area contributed by atoms with Crippen LogP contribution in [0.1, 0.15) is 10.4 Å². The van der Waals surface area contributed by atoms with Crippen molar-refractivity contribution in [2.75, 3.05) is 0 Å². The standard InChI is InChI=1S/C17H12O3/c18-13-8-5-12(6-9-13)16-14-4-2-1-3-11(14)7-10-15(16)17(19)20/h1-10,18H,(H,19,20)/p-1. The van der Waals surface area contributed by atoms with Crippen LogP contribution in [0.5, 0.6) is 5.75 Å². The van der Waals surface area contributed by atoms with Crippen LogP contribution < -0.4 is 5.11 Å². The molecule has 0 aliphatic heterocycles. The van der Waals surface area contributed by atoms with E-state index in [0.29, 0.717) is 5.56 Å². The Hall–Kier alpha value is -2.81. The number of carbonyl (C=O) groups is 1. The zero-order valence-corrected chi connectivity index (χ0v) is 10.5. The largest absolute Gasteiger partial charge is 0.872 e. The SMILES string of the molecule is O=C(O)c1ccc2ccccc2c1-c1ccc([O-])cc1. The van der Waals surface area contributed by atoms with E-state index in [1.165, 1.54) is 12.1 Å². The third-order valence-electron chi connectivity index (χ3n) is 3.30. The van der Waals surface area contributed by atoms with Crippen LogP contribution in [0.15, 0.2) is 60.7 Å². The number of fused-ring (bicyclic) bond motifs is 1. The number of aromatic carboxylic acids is 1. The molecule has 0 fully saturated rings. The van der Waals surface area contributed by atoms with Gasteiger partial charge < -0.3 is 10.2 Å². The molecule has 0 heterocycles. The van der Waals surface area contributed by atoms with Crippen molar-refractivity contribution in [3.8, 4) is 16.9 Å². The molecule has 0 aliphatic rings. The van der Waals surface area contributed by atoms with Crippen LogP contribution in [-0.4, -0.2) is 11.1 Å². The number of hydrogen-bond donors (Lipinski definition) is 1. The lowest BCUT2D eigenvalue weighted by Crippen LogP contribution is -2.00. The number of carboxylic acids is 1. The predicted molar refractivity (Wildman–Crippen MR) is 75.8 cm³/mol. The highest BCUT2D eigenvalue weighted by molar-refractivity contribution is 6.07. The van der Waals surface area contributed by atoms with E-state index in [9.17, 15) is 15.0 Å². The fraction of sp³-hybridized carbons (Fsp3) is 0. The predicted octanol–water partition coefficient (Wildman–Crippen LogP) is 3.28. The van der Waals surface area contributed by atoms with E-state index in [0.717, 1.165) is 16.3 Å². The molecule has 0 bridgehead atoms. The molecule has 0 atom stereocenters. The molecule has 20 heavy (non-hydrogen) atoms. The molecule has 3 aromatic rings. The van der Waals surface area contributed by atoms with Crippen LogP contribution in [0, 0.1) is 0 Å². The van der Waals surface area contributed by atoms with Crippen LogP contribution >= 0.6 is 0 Å². The molecule has 98 valence electrons. The van der Waals surface area contributed by atoms with Gasteiger partial charge in [0.2, 0.25) is 0 Å². The fourth-order valence-corrected chi connectivity index (χ4v) is 2.38. The second-order valence-electron chi connectivity index (χ2n) is 4.54. The third-order valence-corrected chi connectivity index (χ3v) is 3.30. The quantitative estimate of drug-likeness (QED) is 0.771. The minimum Gasteiger partial charge on any atom is -0.872 e. The first-order valence-corrected chi connectivity index (χ1v) is 6.19. The summed E-state index contributed by atoms with van der Waals surface area (Å²) in [5, 5.41) is 22.4. The van der Waals surface area contributed by atoms with E-state index < -0.39 is 5.97 Å². The minimum atomic E-state index is -0.975. The highest BCUT2D eigenvalue weighted by Crippen LogP contribution is 2.32. The van der Waals surface area contributed by atoms with E-state index >= 15 is 0 Å². The van der Waals surface area contributed by atoms with Crippen molar-refractivity contribution < 1.29 is 15.0 Å². The molecule has 3 nitrogen and oxygen atoms in total. The third kappa shape index (κ3) is 1.99. The lowest BCUT2D eigenvalue weighted by atomic mass is 9.93. The highest BCUT2D eigenvalue weighted by atomic mass is 16.4. The molecule has 0 aromatic heterocycles. The van der Waals surface area contributed by atoms with Crippen molar-refractivity contribution in [2.45, 2.75) is 0 Å². The van der Waals surface area contributed by atoms with Gasteiger partial charge in [-0.2, -0.15) is 0 Å². The minimum absolute atomic E-state index is 0.0918. The Labute approximate surface area is 115 Å². The van der Waals surface area contributed by atoms with Gasteiger partial charge >= 0.3 is 5.97 Å². The Kier molecular flexibility index (Phi) is 2.88. The smallest absolute Gasteiger partial charge is 0.336 e. The topological polar surface area (TPSA) is 60.4 Å². The Bertz CT molecular complexity index is 789. The van der Waals surface area contributed by atoms with Gasteiger partial charge in [0, 0.05) is 5.56 Å². The lowest BCUT2D eigenvalue weighted by Gasteiger charge is -2.12. The summed E-state index contributed by atoms with van der Waals surface area (Å²) >= 11 is 0. The van der Waals surface area contributed by atoms with Gasteiger partial charge in [0.15, 0.2) is 0 Å². The molecule has 3 heteroatoms. The Morgan fingerprint density at radius 2 is 1.60 bits per heavy atom. The van der Waals surface area contributed by atoms with Gasteiger partial charge in [-0.15, -0.1) is 5.75 Å². The maximum absolute atomic E-state index is 11.4. The Morgan fingerprint density at radius 1 is 0.900 bits per heavy atom. The van der Waals surface area contributed by atoms with Crippen molar-refractivity contribution in [3.05, 3.63) is 66.2 Å². The summed E-state index contributed by atoms with van der Waals surface area (Å²) in [6.07, 6.45) is 0. The average Bonchev–Trinajstić information content (AvgIpc) is 2.47. The Morgan fingerprint density at radius 3 is 2.30 bits per heavy atom. The molecule has 3 rings (SSSR count). The summed E-state index contributed by atoms with van der Waals surface area (Å²) in [6.45, 7) is 0. The molecule has 0 spiro atoms. The molecule has 0 unspecified atom stereocenters. The van der Waals surface area contributed by atoms with Gasteiger partial charge in [0.1, 0.15) is 0 Å². The highest BCUT2D eigenvalue weighted by Gasteiger charge is 2.14. The van der Waals surface area contributed by atoms with Crippen LogP contribution in [0.3, 0.4) is 0 Å². The van der Waals surface area contributed by atoms with Crippen LogP contribution in [0.4, 0.5) is 0 Å². The van der Waals surface area contributed by atoms with Crippen molar-refractivity contribution >= 4 is 16.7 Å². The molecule has 1 N–H and O–H groups in total. The summed E-state index contributed by atoms with van der Waals surface area (Å²) < 4.78 is 0. The lowest BCUT2D eigenvalue weighted by molar-refractivity contribution is -0.268.